The summed E-state index contributed by atoms with van der Waals surface area (Å²) < 4.78 is 0. The zero-order valence-corrected chi connectivity index (χ0v) is 14.6. The molecule has 0 saturated carbocycles. The van der Waals surface area contributed by atoms with E-state index < -0.39 is 0 Å². The Kier molecular flexibility index (Phi) is 4.76. The standard InChI is InChI=1S/C21H21N5/c22-13-16-4-3-5-17(12-16)14-26-10-8-18(9-11-26)25-21-19-6-1-2-7-20(19)23-15-24-21/h1-7,12,15,18H,8-11,14H2,(H,23,24,25). The third kappa shape index (κ3) is 3.66. The van der Waals surface area contributed by atoms with Gasteiger partial charge in [-0.05, 0) is 42.7 Å². The van der Waals surface area contributed by atoms with Crippen LogP contribution in [0.1, 0.15) is 24.0 Å². The molecular formula is C21H21N5. The minimum absolute atomic E-state index is 0.426. The summed E-state index contributed by atoms with van der Waals surface area (Å²) in [5.74, 6) is 0.927. The first-order valence-corrected chi connectivity index (χ1v) is 8.99. The van der Waals surface area contributed by atoms with Gasteiger partial charge < -0.3 is 5.32 Å². The number of aromatic nitrogens is 2. The molecule has 1 aliphatic heterocycles. The van der Waals surface area contributed by atoms with Crippen molar-refractivity contribution in [2.24, 2.45) is 0 Å². The summed E-state index contributed by atoms with van der Waals surface area (Å²) in [7, 11) is 0. The molecule has 3 aromatic rings. The number of fused-ring (bicyclic) bond motifs is 1. The van der Waals surface area contributed by atoms with Crippen LogP contribution >= 0.6 is 0 Å². The first kappa shape index (κ1) is 16.5. The fourth-order valence-electron chi connectivity index (χ4n) is 3.55. The van der Waals surface area contributed by atoms with Crippen LogP contribution in [-0.4, -0.2) is 34.0 Å². The van der Waals surface area contributed by atoms with E-state index in [4.69, 9.17) is 5.26 Å². The highest BCUT2D eigenvalue weighted by Gasteiger charge is 2.20. The van der Waals surface area contributed by atoms with E-state index in [1.807, 2.05) is 36.4 Å². The van der Waals surface area contributed by atoms with E-state index in [1.165, 1.54) is 5.56 Å². The molecule has 1 aromatic heterocycles. The van der Waals surface area contributed by atoms with Crippen molar-refractivity contribution in [2.75, 3.05) is 18.4 Å². The number of benzene rings is 2. The monoisotopic (exact) mass is 343 g/mol. The molecule has 1 fully saturated rings. The largest absolute Gasteiger partial charge is 0.367 e. The van der Waals surface area contributed by atoms with Crippen LogP contribution in [0.4, 0.5) is 5.82 Å². The molecule has 1 N–H and O–H groups in total. The minimum Gasteiger partial charge on any atom is -0.367 e. The van der Waals surface area contributed by atoms with Crippen molar-refractivity contribution in [1.82, 2.24) is 14.9 Å². The van der Waals surface area contributed by atoms with E-state index in [-0.39, 0.29) is 0 Å². The predicted octanol–water partition coefficient (Wildman–Crippen LogP) is 3.58. The van der Waals surface area contributed by atoms with Crippen LogP contribution in [0.25, 0.3) is 10.9 Å². The second-order valence-electron chi connectivity index (χ2n) is 6.75. The van der Waals surface area contributed by atoms with Gasteiger partial charge >= 0.3 is 0 Å². The van der Waals surface area contributed by atoms with Gasteiger partial charge in [-0.15, -0.1) is 0 Å². The quantitative estimate of drug-likeness (QED) is 0.784. The highest BCUT2D eigenvalue weighted by atomic mass is 15.1. The predicted molar refractivity (Wildman–Crippen MR) is 103 cm³/mol. The third-order valence-corrected chi connectivity index (χ3v) is 4.93. The maximum absolute atomic E-state index is 9.04. The number of anilines is 1. The van der Waals surface area contributed by atoms with Crippen LogP contribution in [0, 0.1) is 11.3 Å². The van der Waals surface area contributed by atoms with Crippen LogP contribution in [0.5, 0.6) is 0 Å². The summed E-state index contributed by atoms with van der Waals surface area (Å²) in [5.41, 5.74) is 2.91. The van der Waals surface area contributed by atoms with Crippen molar-refractivity contribution in [3.8, 4) is 6.07 Å². The van der Waals surface area contributed by atoms with E-state index in [0.29, 0.717) is 6.04 Å². The van der Waals surface area contributed by atoms with Crippen molar-refractivity contribution in [3.05, 3.63) is 66.0 Å². The van der Waals surface area contributed by atoms with Gasteiger partial charge in [-0.2, -0.15) is 5.26 Å². The number of rotatable bonds is 4. The molecule has 2 heterocycles. The Morgan fingerprint density at radius 1 is 1.08 bits per heavy atom. The highest BCUT2D eigenvalue weighted by molar-refractivity contribution is 5.88. The molecule has 0 amide bonds. The van der Waals surface area contributed by atoms with Gasteiger partial charge in [0.2, 0.25) is 0 Å². The van der Waals surface area contributed by atoms with E-state index >= 15 is 0 Å². The van der Waals surface area contributed by atoms with Gasteiger partial charge in [0.1, 0.15) is 12.1 Å². The number of nitrogens with zero attached hydrogens (tertiary/aromatic N) is 4. The summed E-state index contributed by atoms with van der Waals surface area (Å²) >= 11 is 0. The SMILES string of the molecule is N#Cc1cccc(CN2CCC(Nc3ncnc4ccccc34)CC2)c1. The smallest absolute Gasteiger partial charge is 0.137 e. The number of hydrogen-bond donors (Lipinski definition) is 1. The first-order valence-electron chi connectivity index (χ1n) is 8.99. The van der Waals surface area contributed by atoms with Crippen molar-refractivity contribution < 1.29 is 0 Å². The Morgan fingerprint density at radius 2 is 1.92 bits per heavy atom. The van der Waals surface area contributed by atoms with Crippen LogP contribution in [-0.2, 0) is 6.54 Å². The molecule has 0 bridgehead atoms. The van der Waals surface area contributed by atoms with Gasteiger partial charge in [0.05, 0.1) is 17.1 Å². The van der Waals surface area contributed by atoms with Crippen molar-refractivity contribution >= 4 is 16.7 Å². The summed E-state index contributed by atoms with van der Waals surface area (Å²) in [4.78, 5) is 11.2. The van der Waals surface area contributed by atoms with E-state index in [2.05, 4.69) is 38.4 Å². The third-order valence-electron chi connectivity index (χ3n) is 4.93. The maximum atomic E-state index is 9.04. The molecule has 26 heavy (non-hydrogen) atoms. The summed E-state index contributed by atoms with van der Waals surface area (Å²) in [6, 6.07) is 18.6. The number of nitriles is 1. The van der Waals surface area contributed by atoms with Crippen LogP contribution in [0.2, 0.25) is 0 Å². The van der Waals surface area contributed by atoms with Gasteiger partial charge in [0.25, 0.3) is 0 Å². The van der Waals surface area contributed by atoms with Crippen molar-refractivity contribution in [2.45, 2.75) is 25.4 Å². The van der Waals surface area contributed by atoms with Gasteiger partial charge in [0, 0.05) is 31.1 Å². The van der Waals surface area contributed by atoms with E-state index in [0.717, 1.165) is 54.8 Å². The van der Waals surface area contributed by atoms with E-state index in [9.17, 15) is 0 Å². The van der Waals surface area contributed by atoms with Crippen LogP contribution in [0.3, 0.4) is 0 Å². The molecule has 4 rings (SSSR count). The Balaban J connectivity index is 1.37. The molecule has 5 nitrogen and oxygen atoms in total. The summed E-state index contributed by atoms with van der Waals surface area (Å²) in [5, 5.41) is 13.7. The molecule has 0 radical (unpaired) electrons. The Bertz CT molecular complexity index is 933. The normalized spacial score (nSPS) is 15.7. The minimum atomic E-state index is 0.426. The average molecular weight is 343 g/mol. The lowest BCUT2D eigenvalue weighted by atomic mass is 10.0. The first-order chi connectivity index (χ1) is 12.8. The van der Waals surface area contributed by atoms with Gasteiger partial charge in [-0.3, -0.25) is 4.90 Å². The molecule has 1 saturated heterocycles. The number of para-hydroxylation sites is 1. The molecular weight excluding hydrogens is 322 g/mol. The second kappa shape index (κ2) is 7.51. The Labute approximate surface area is 153 Å². The Hall–Kier alpha value is -2.97. The van der Waals surface area contributed by atoms with Crippen molar-refractivity contribution in [1.29, 1.82) is 5.26 Å². The summed E-state index contributed by atoms with van der Waals surface area (Å²) in [6.45, 7) is 2.98. The molecule has 0 aliphatic carbocycles. The molecule has 2 aromatic carbocycles. The Morgan fingerprint density at radius 3 is 2.77 bits per heavy atom. The lowest BCUT2D eigenvalue weighted by Gasteiger charge is -2.32. The van der Waals surface area contributed by atoms with Crippen LogP contribution < -0.4 is 5.32 Å². The van der Waals surface area contributed by atoms with Gasteiger partial charge in [0.15, 0.2) is 0 Å². The second-order valence-corrected chi connectivity index (χ2v) is 6.75. The zero-order chi connectivity index (χ0) is 17.8. The van der Waals surface area contributed by atoms with E-state index in [1.54, 1.807) is 6.33 Å². The number of likely N-dealkylation sites (tertiary alicyclic amines) is 1. The molecule has 5 heteroatoms. The fraction of sp³-hybridized carbons (Fsp3) is 0.286. The number of hydrogen-bond acceptors (Lipinski definition) is 5. The van der Waals surface area contributed by atoms with Crippen LogP contribution in [0.15, 0.2) is 54.9 Å². The summed E-state index contributed by atoms with van der Waals surface area (Å²) in [6.07, 6.45) is 3.79. The molecule has 1 aliphatic rings. The average Bonchev–Trinajstić information content (AvgIpc) is 2.70. The highest BCUT2D eigenvalue weighted by Crippen LogP contribution is 2.22. The maximum Gasteiger partial charge on any atom is 0.137 e. The molecule has 0 spiro atoms. The number of piperidine rings is 1. The van der Waals surface area contributed by atoms with Gasteiger partial charge in [-0.25, -0.2) is 9.97 Å². The fourth-order valence-corrected chi connectivity index (χ4v) is 3.55. The van der Waals surface area contributed by atoms with Crippen molar-refractivity contribution in [3.63, 3.8) is 0 Å². The molecule has 0 atom stereocenters. The number of nitrogens with one attached hydrogen (secondary N) is 1. The lowest BCUT2D eigenvalue weighted by Crippen LogP contribution is -2.38. The molecule has 130 valence electrons. The molecule has 0 unspecified atom stereocenters. The topological polar surface area (TPSA) is 64.8 Å². The lowest BCUT2D eigenvalue weighted by molar-refractivity contribution is 0.211. The zero-order valence-electron chi connectivity index (χ0n) is 14.6. The van der Waals surface area contributed by atoms with Gasteiger partial charge in [-0.1, -0.05) is 24.3 Å².